The number of amides is 1. The van der Waals surface area contributed by atoms with Gasteiger partial charge in [0.1, 0.15) is 11.4 Å². The van der Waals surface area contributed by atoms with Crippen molar-refractivity contribution in [2.24, 2.45) is 5.73 Å². The molecule has 96 valence electrons. The summed E-state index contributed by atoms with van der Waals surface area (Å²) >= 11 is 0. The molecule has 1 aromatic rings. The smallest absolute Gasteiger partial charge is 0.307 e. The third-order valence-corrected chi connectivity index (χ3v) is 2.85. The number of nitrogens with one attached hydrogen (secondary N) is 1. The molecule has 1 fully saturated rings. The number of aliphatic carboxylic acids is 1. The van der Waals surface area contributed by atoms with E-state index in [4.69, 9.17) is 15.6 Å². The van der Waals surface area contributed by atoms with Crippen molar-refractivity contribution in [1.82, 2.24) is 5.32 Å². The van der Waals surface area contributed by atoms with Crippen LogP contribution in [0.1, 0.15) is 16.8 Å². The molecule has 6 nitrogen and oxygen atoms in total. The second-order valence-electron chi connectivity index (χ2n) is 4.32. The Morgan fingerprint density at radius 3 is 2.56 bits per heavy atom. The maximum atomic E-state index is 11.2. The van der Waals surface area contributed by atoms with Crippen LogP contribution in [-0.2, 0) is 4.79 Å². The quantitative estimate of drug-likeness (QED) is 0.681. The molecule has 1 aromatic carbocycles. The summed E-state index contributed by atoms with van der Waals surface area (Å²) in [7, 11) is 0. The van der Waals surface area contributed by atoms with Gasteiger partial charge >= 0.3 is 5.97 Å². The second kappa shape index (κ2) is 4.66. The van der Waals surface area contributed by atoms with Gasteiger partial charge in [0.2, 0.25) is 0 Å². The first-order valence-corrected chi connectivity index (χ1v) is 5.53. The lowest BCUT2D eigenvalue weighted by Crippen LogP contribution is -2.64. The number of carbonyl (C=O) groups excluding carboxylic acids is 1. The number of carboxylic acid groups (broad SMARTS) is 1. The Morgan fingerprint density at radius 1 is 1.39 bits per heavy atom. The number of primary amides is 1. The zero-order chi connectivity index (χ0) is 13.2. The standard InChI is InChI=1S/C12H14N2O4/c13-11(17)8-3-1-2-4-9(8)18-12(5-10(15)16)6-14-7-12/h1-4,14H,5-7H2,(H2,13,17)(H,15,16). The molecule has 0 unspecified atom stereocenters. The predicted octanol–water partition coefficient (Wildman–Crippen LogP) is -0.0190. The highest BCUT2D eigenvalue weighted by Gasteiger charge is 2.42. The zero-order valence-electron chi connectivity index (χ0n) is 9.68. The largest absolute Gasteiger partial charge is 0.483 e. The fraction of sp³-hybridized carbons (Fsp3) is 0.333. The highest BCUT2D eigenvalue weighted by Crippen LogP contribution is 2.27. The molecule has 1 saturated heterocycles. The maximum absolute atomic E-state index is 11.2. The van der Waals surface area contributed by atoms with E-state index in [0.29, 0.717) is 18.8 Å². The molecular formula is C12H14N2O4. The number of hydrogen-bond donors (Lipinski definition) is 3. The number of nitrogens with two attached hydrogens (primary N) is 1. The molecule has 0 bridgehead atoms. The lowest BCUT2D eigenvalue weighted by molar-refractivity contribution is -0.143. The summed E-state index contributed by atoms with van der Waals surface area (Å²) in [4.78, 5) is 22.1. The minimum absolute atomic E-state index is 0.118. The molecule has 1 heterocycles. The van der Waals surface area contributed by atoms with Crippen LogP contribution in [0.15, 0.2) is 24.3 Å². The van der Waals surface area contributed by atoms with E-state index < -0.39 is 17.5 Å². The first-order chi connectivity index (χ1) is 8.52. The molecule has 0 saturated carbocycles. The molecule has 1 amide bonds. The zero-order valence-corrected chi connectivity index (χ0v) is 9.68. The van der Waals surface area contributed by atoms with Crippen LogP contribution in [0, 0.1) is 0 Å². The number of rotatable bonds is 5. The lowest BCUT2D eigenvalue weighted by Gasteiger charge is -2.41. The fourth-order valence-electron chi connectivity index (χ4n) is 1.91. The van der Waals surface area contributed by atoms with Gasteiger partial charge in [0.25, 0.3) is 5.91 Å². The SMILES string of the molecule is NC(=O)c1ccccc1OC1(CC(=O)O)CNC1. The summed E-state index contributed by atoms with van der Waals surface area (Å²) in [6.45, 7) is 0.874. The molecule has 6 heteroatoms. The number of para-hydroxylation sites is 1. The first-order valence-electron chi connectivity index (χ1n) is 5.53. The molecule has 0 aliphatic carbocycles. The minimum atomic E-state index is -0.937. The van der Waals surface area contributed by atoms with Gasteiger partial charge in [-0.3, -0.25) is 9.59 Å². The molecule has 0 spiro atoms. The van der Waals surface area contributed by atoms with Crippen molar-refractivity contribution in [3.8, 4) is 5.75 Å². The van der Waals surface area contributed by atoms with Crippen LogP contribution in [-0.4, -0.2) is 35.7 Å². The molecule has 1 aliphatic heterocycles. The van der Waals surface area contributed by atoms with E-state index >= 15 is 0 Å². The normalized spacial score (nSPS) is 16.7. The number of carboxylic acids is 1. The van der Waals surface area contributed by atoms with E-state index in [1.54, 1.807) is 24.3 Å². The molecule has 0 radical (unpaired) electrons. The van der Waals surface area contributed by atoms with Gasteiger partial charge in [-0.1, -0.05) is 12.1 Å². The average Bonchev–Trinajstić information content (AvgIpc) is 2.26. The number of benzene rings is 1. The van der Waals surface area contributed by atoms with Crippen LogP contribution in [0.3, 0.4) is 0 Å². The topological polar surface area (TPSA) is 102 Å². The van der Waals surface area contributed by atoms with Crippen molar-refractivity contribution in [3.63, 3.8) is 0 Å². The first kappa shape index (κ1) is 12.4. The highest BCUT2D eigenvalue weighted by molar-refractivity contribution is 5.95. The molecular weight excluding hydrogens is 236 g/mol. The predicted molar refractivity (Wildman–Crippen MR) is 63.4 cm³/mol. The summed E-state index contributed by atoms with van der Waals surface area (Å²) in [5.41, 5.74) is 4.71. The summed E-state index contributed by atoms with van der Waals surface area (Å²) in [5, 5.41) is 11.8. The van der Waals surface area contributed by atoms with Crippen LogP contribution in [0.25, 0.3) is 0 Å². The Balaban J connectivity index is 2.22. The van der Waals surface area contributed by atoms with Crippen molar-refractivity contribution in [1.29, 1.82) is 0 Å². The summed E-state index contributed by atoms with van der Waals surface area (Å²) < 4.78 is 5.70. The Morgan fingerprint density at radius 2 is 2.06 bits per heavy atom. The number of hydrogen-bond acceptors (Lipinski definition) is 4. The van der Waals surface area contributed by atoms with E-state index in [1.807, 2.05) is 0 Å². The fourth-order valence-corrected chi connectivity index (χ4v) is 1.91. The molecule has 1 aliphatic rings. The summed E-state index contributed by atoms with van der Waals surface area (Å²) in [5.74, 6) is -1.20. The Hall–Kier alpha value is -2.08. The molecule has 0 aromatic heterocycles. The van der Waals surface area contributed by atoms with Gasteiger partial charge in [0, 0.05) is 13.1 Å². The van der Waals surface area contributed by atoms with Crippen molar-refractivity contribution in [2.45, 2.75) is 12.0 Å². The molecule has 4 N–H and O–H groups in total. The highest BCUT2D eigenvalue weighted by atomic mass is 16.5. The second-order valence-corrected chi connectivity index (χ2v) is 4.32. The van der Waals surface area contributed by atoms with Crippen molar-refractivity contribution in [2.75, 3.05) is 13.1 Å². The summed E-state index contributed by atoms with van der Waals surface area (Å²) in [6, 6.07) is 6.55. The monoisotopic (exact) mass is 250 g/mol. The third-order valence-electron chi connectivity index (χ3n) is 2.85. The van der Waals surface area contributed by atoms with Crippen molar-refractivity contribution in [3.05, 3.63) is 29.8 Å². The van der Waals surface area contributed by atoms with Crippen LogP contribution < -0.4 is 15.8 Å². The van der Waals surface area contributed by atoms with Gasteiger partial charge in [-0.05, 0) is 12.1 Å². The van der Waals surface area contributed by atoms with Gasteiger partial charge in [0.05, 0.1) is 12.0 Å². The van der Waals surface area contributed by atoms with E-state index in [9.17, 15) is 9.59 Å². The van der Waals surface area contributed by atoms with Crippen molar-refractivity contribution >= 4 is 11.9 Å². The van der Waals surface area contributed by atoms with Gasteiger partial charge in [-0.25, -0.2) is 0 Å². The molecule has 2 rings (SSSR count). The van der Waals surface area contributed by atoms with E-state index in [1.165, 1.54) is 0 Å². The Bertz CT molecular complexity index is 483. The van der Waals surface area contributed by atoms with Gasteiger partial charge < -0.3 is 20.9 Å². The number of carbonyl (C=O) groups is 2. The van der Waals surface area contributed by atoms with Gasteiger partial charge in [0.15, 0.2) is 0 Å². The Labute approximate surface area is 104 Å². The van der Waals surface area contributed by atoms with Crippen molar-refractivity contribution < 1.29 is 19.4 Å². The van der Waals surface area contributed by atoms with Crippen LogP contribution in [0.4, 0.5) is 0 Å². The molecule has 0 atom stereocenters. The average molecular weight is 250 g/mol. The maximum Gasteiger partial charge on any atom is 0.307 e. The molecule has 18 heavy (non-hydrogen) atoms. The third kappa shape index (κ3) is 2.43. The lowest BCUT2D eigenvalue weighted by atomic mass is 9.92. The minimum Gasteiger partial charge on any atom is -0.483 e. The van der Waals surface area contributed by atoms with Gasteiger partial charge in [-0.2, -0.15) is 0 Å². The van der Waals surface area contributed by atoms with E-state index in [-0.39, 0.29) is 12.0 Å². The van der Waals surface area contributed by atoms with Crippen LogP contribution in [0.5, 0.6) is 5.75 Å². The van der Waals surface area contributed by atoms with Crippen LogP contribution >= 0.6 is 0 Å². The van der Waals surface area contributed by atoms with Gasteiger partial charge in [-0.15, -0.1) is 0 Å². The van der Waals surface area contributed by atoms with E-state index in [2.05, 4.69) is 5.32 Å². The summed E-state index contributed by atoms with van der Waals surface area (Å²) in [6.07, 6.45) is -0.118. The number of ether oxygens (including phenoxy) is 1. The Kier molecular flexibility index (Phi) is 3.20. The van der Waals surface area contributed by atoms with E-state index in [0.717, 1.165) is 0 Å². The van der Waals surface area contributed by atoms with Crippen LogP contribution in [0.2, 0.25) is 0 Å².